The molecule has 1 aliphatic rings. The van der Waals surface area contributed by atoms with Crippen molar-refractivity contribution >= 4 is 11.2 Å². The molecule has 0 aromatic carbocycles. The van der Waals surface area contributed by atoms with Crippen molar-refractivity contribution in [2.24, 2.45) is 0 Å². The Morgan fingerprint density at radius 3 is 2.83 bits per heavy atom. The van der Waals surface area contributed by atoms with E-state index in [1.807, 2.05) is 0 Å². The lowest BCUT2D eigenvalue weighted by atomic mass is 10.1. The number of fused-ring (bicyclic) bond motifs is 1. The predicted octanol–water partition coefficient (Wildman–Crippen LogP) is -1.56. The smallest absolute Gasteiger partial charge is 0.165 e. The molecular weight excluding hydrogens is 240 g/mol. The molecule has 8 heteroatoms. The fourth-order valence-corrected chi connectivity index (χ4v) is 2.08. The molecule has 3 rings (SSSR count). The van der Waals surface area contributed by atoms with Crippen LogP contribution in [0.2, 0.25) is 0 Å². The molecule has 1 fully saturated rings. The number of ether oxygens (including phenoxy) is 1. The molecule has 3 N–H and O–H groups in total. The molecule has 0 bridgehead atoms. The van der Waals surface area contributed by atoms with Gasteiger partial charge in [0, 0.05) is 0 Å². The van der Waals surface area contributed by atoms with Crippen LogP contribution in [0.4, 0.5) is 0 Å². The Hall–Kier alpha value is -1.61. The molecule has 2 aromatic rings. The van der Waals surface area contributed by atoms with E-state index in [4.69, 9.17) is 9.84 Å². The Balaban J connectivity index is 2.00. The van der Waals surface area contributed by atoms with E-state index in [0.29, 0.717) is 11.2 Å². The van der Waals surface area contributed by atoms with E-state index in [1.54, 1.807) is 6.20 Å². The van der Waals surface area contributed by atoms with Crippen LogP contribution in [0.1, 0.15) is 6.23 Å². The average Bonchev–Trinajstić information content (AvgIpc) is 2.93. The van der Waals surface area contributed by atoms with Gasteiger partial charge in [-0.15, -0.1) is 0 Å². The summed E-state index contributed by atoms with van der Waals surface area (Å²) in [6.07, 6.45) is 0.442. The molecule has 18 heavy (non-hydrogen) atoms. The van der Waals surface area contributed by atoms with Crippen LogP contribution in [-0.2, 0) is 4.74 Å². The number of aromatic nitrogens is 4. The van der Waals surface area contributed by atoms with Gasteiger partial charge < -0.3 is 20.1 Å². The summed E-state index contributed by atoms with van der Waals surface area (Å²) >= 11 is 0. The molecule has 3 unspecified atom stereocenters. The van der Waals surface area contributed by atoms with Gasteiger partial charge in [0.05, 0.1) is 19.1 Å². The van der Waals surface area contributed by atoms with Crippen molar-refractivity contribution in [3.05, 3.63) is 18.9 Å². The van der Waals surface area contributed by atoms with Crippen molar-refractivity contribution in [3.63, 3.8) is 0 Å². The average molecular weight is 252 g/mol. The van der Waals surface area contributed by atoms with Crippen molar-refractivity contribution < 1.29 is 20.1 Å². The summed E-state index contributed by atoms with van der Waals surface area (Å²) in [5, 5.41) is 28.6. The number of hydrogen-bond donors (Lipinski definition) is 3. The zero-order chi connectivity index (χ0) is 12.7. The maximum absolute atomic E-state index is 9.91. The summed E-state index contributed by atoms with van der Waals surface area (Å²) < 4.78 is 6.91. The van der Waals surface area contributed by atoms with Gasteiger partial charge in [0.2, 0.25) is 0 Å². The Morgan fingerprint density at radius 2 is 2.11 bits per heavy atom. The standard InChI is InChI=1S/C10H12N4O4/c15-2-6-7(16)8(17)10(18-6)14-4-13-5-1-11-3-12-9(5)14/h1,3-4,6-8,10,15-17H,2H2/t6?,7?,8?,10-/m1/s1. The number of aliphatic hydroxyl groups is 3. The van der Waals surface area contributed by atoms with Crippen LogP contribution in [0, 0.1) is 0 Å². The molecule has 3 heterocycles. The number of nitrogens with zero attached hydrogens (tertiary/aromatic N) is 4. The quantitative estimate of drug-likeness (QED) is 0.592. The third-order valence-corrected chi connectivity index (χ3v) is 3.03. The molecule has 1 saturated heterocycles. The van der Waals surface area contributed by atoms with Crippen molar-refractivity contribution in [2.45, 2.75) is 24.5 Å². The summed E-state index contributed by atoms with van der Waals surface area (Å²) in [7, 11) is 0. The highest BCUT2D eigenvalue weighted by molar-refractivity contribution is 5.68. The van der Waals surface area contributed by atoms with Crippen LogP contribution in [0.15, 0.2) is 18.9 Å². The van der Waals surface area contributed by atoms with Crippen molar-refractivity contribution in [3.8, 4) is 0 Å². The second-order valence-electron chi connectivity index (χ2n) is 4.11. The van der Waals surface area contributed by atoms with E-state index < -0.39 is 24.5 Å². The van der Waals surface area contributed by atoms with E-state index in [9.17, 15) is 10.2 Å². The zero-order valence-electron chi connectivity index (χ0n) is 9.29. The van der Waals surface area contributed by atoms with Gasteiger partial charge in [-0.2, -0.15) is 0 Å². The van der Waals surface area contributed by atoms with Gasteiger partial charge in [-0.3, -0.25) is 4.57 Å². The van der Waals surface area contributed by atoms with Crippen molar-refractivity contribution in [1.29, 1.82) is 0 Å². The molecule has 96 valence electrons. The normalized spacial score (nSPS) is 32.2. The number of rotatable bonds is 2. The van der Waals surface area contributed by atoms with E-state index in [1.165, 1.54) is 17.2 Å². The number of hydrogen-bond acceptors (Lipinski definition) is 7. The lowest BCUT2D eigenvalue weighted by Gasteiger charge is -2.16. The topological polar surface area (TPSA) is 114 Å². The Bertz CT molecular complexity index is 560. The minimum absolute atomic E-state index is 0.365. The Labute approximate surface area is 102 Å². The molecular formula is C10H12N4O4. The second kappa shape index (κ2) is 4.25. The summed E-state index contributed by atoms with van der Waals surface area (Å²) in [5.74, 6) is 0. The van der Waals surface area contributed by atoms with Gasteiger partial charge in [-0.1, -0.05) is 0 Å². The Morgan fingerprint density at radius 1 is 1.28 bits per heavy atom. The van der Waals surface area contributed by atoms with E-state index in [0.717, 1.165) is 0 Å². The van der Waals surface area contributed by atoms with E-state index in [2.05, 4.69) is 15.0 Å². The molecule has 0 aliphatic carbocycles. The minimum Gasteiger partial charge on any atom is -0.394 e. The first kappa shape index (κ1) is 11.5. The van der Waals surface area contributed by atoms with E-state index >= 15 is 0 Å². The number of aliphatic hydroxyl groups excluding tert-OH is 3. The third-order valence-electron chi connectivity index (χ3n) is 3.03. The van der Waals surface area contributed by atoms with Crippen LogP contribution >= 0.6 is 0 Å². The van der Waals surface area contributed by atoms with Gasteiger partial charge >= 0.3 is 0 Å². The van der Waals surface area contributed by atoms with Crippen LogP contribution in [-0.4, -0.2) is 59.8 Å². The molecule has 0 saturated carbocycles. The van der Waals surface area contributed by atoms with Crippen LogP contribution in [0.3, 0.4) is 0 Å². The van der Waals surface area contributed by atoms with E-state index in [-0.39, 0.29) is 6.61 Å². The predicted molar refractivity (Wildman–Crippen MR) is 58.3 cm³/mol. The lowest BCUT2D eigenvalue weighted by molar-refractivity contribution is -0.0511. The highest BCUT2D eigenvalue weighted by atomic mass is 16.6. The summed E-state index contributed by atoms with van der Waals surface area (Å²) in [5.41, 5.74) is 1.06. The molecule has 4 atom stereocenters. The molecule has 1 aliphatic heterocycles. The Kier molecular flexibility index (Phi) is 2.71. The van der Waals surface area contributed by atoms with Crippen LogP contribution in [0.25, 0.3) is 11.2 Å². The first-order chi connectivity index (χ1) is 8.72. The largest absolute Gasteiger partial charge is 0.394 e. The van der Waals surface area contributed by atoms with Crippen molar-refractivity contribution in [1.82, 2.24) is 19.5 Å². The summed E-state index contributed by atoms with van der Waals surface area (Å²) in [6.45, 7) is -0.365. The lowest BCUT2D eigenvalue weighted by Crippen LogP contribution is -2.33. The zero-order valence-corrected chi connectivity index (χ0v) is 9.29. The van der Waals surface area contributed by atoms with Crippen molar-refractivity contribution in [2.75, 3.05) is 6.61 Å². The number of imidazole rings is 1. The maximum atomic E-state index is 9.91. The fourth-order valence-electron chi connectivity index (χ4n) is 2.08. The summed E-state index contributed by atoms with van der Waals surface area (Å²) in [4.78, 5) is 12.0. The highest BCUT2D eigenvalue weighted by Crippen LogP contribution is 2.30. The highest BCUT2D eigenvalue weighted by Gasteiger charge is 2.43. The minimum atomic E-state index is -1.14. The van der Waals surface area contributed by atoms with Gasteiger partial charge in [-0.05, 0) is 0 Å². The van der Waals surface area contributed by atoms with Gasteiger partial charge in [0.25, 0.3) is 0 Å². The first-order valence-electron chi connectivity index (χ1n) is 5.47. The van der Waals surface area contributed by atoms with Gasteiger partial charge in [-0.25, -0.2) is 15.0 Å². The molecule has 0 spiro atoms. The van der Waals surface area contributed by atoms with Gasteiger partial charge in [0.15, 0.2) is 11.9 Å². The summed E-state index contributed by atoms with van der Waals surface area (Å²) in [6, 6.07) is 0. The van der Waals surface area contributed by atoms with Gasteiger partial charge in [0.1, 0.15) is 30.2 Å². The van der Waals surface area contributed by atoms with Crippen LogP contribution < -0.4 is 0 Å². The second-order valence-corrected chi connectivity index (χ2v) is 4.11. The first-order valence-corrected chi connectivity index (χ1v) is 5.47. The SMILES string of the molecule is OCC1O[C@@H](n2cnc3cncnc32)C(O)C1O. The molecule has 8 nitrogen and oxygen atoms in total. The fraction of sp³-hybridized carbons (Fsp3) is 0.500. The maximum Gasteiger partial charge on any atom is 0.165 e. The van der Waals surface area contributed by atoms with Crippen LogP contribution in [0.5, 0.6) is 0 Å². The molecule has 0 amide bonds. The molecule has 0 radical (unpaired) electrons. The third kappa shape index (κ3) is 1.58. The molecule has 2 aromatic heterocycles. The monoisotopic (exact) mass is 252 g/mol.